The number of hydrogen-bond donors (Lipinski definition) is 1. The highest BCUT2D eigenvalue weighted by molar-refractivity contribution is 8.00. The lowest BCUT2D eigenvalue weighted by atomic mass is 10.2. The SMILES string of the molecule is CN(CC(=O)Nc1ccc(Cl)cc1)C(=O)CN1C(=O)CSc2ccccc21. The van der Waals surface area contributed by atoms with Crippen molar-refractivity contribution >= 4 is 52.5 Å². The second-order valence-electron chi connectivity index (χ2n) is 6.04. The van der Waals surface area contributed by atoms with Crippen molar-refractivity contribution in [1.29, 1.82) is 0 Å². The molecule has 0 fully saturated rings. The number of rotatable bonds is 5. The first-order valence-electron chi connectivity index (χ1n) is 8.25. The zero-order valence-electron chi connectivity index (χ0n) is 14.6. The maximum Gasteiger partial charge on any atom is 0.243 e. The molecule has 27 heavy (non-hydrogen) atoms. The number of halogens is 1. The summed E-state index contributed by atoms with van der Waals surface area (Å²) in [6.07, 6.45) is 0. The maximum atomic E-state index is 12.5. The lowest BCUT2D eigenvalue weighted by Crippen LogP contribution is -2.45. The molecule has 0 aliphatic carbocycles. The van der Waals surface area contributed by atoms with Gasteiger partial charge in [-0.05, 0) is 36.4 Å². The van der Waals surface area contributed by atoms with Gasteiger partial charge in [-0.25, -0.2) is 0 Å². The highest BCUT2D eigenvalue weighted by atomic mass is 35.5. The second kappa shape index (κ2) is 8.45. The number of hydrogen-bond acceptors (Lipinski definition) is 4. The number of likely N-dealkylation sites (N-methyl/N-ethyl adjacent to an activating group) is 1. The van der Waals surface area contributed by atoms with Crippen LogP contribution < -0.4 is 10.2 Å². The Labute approximate surface area is 166 Å². The number of thioether (sulfide) groups is 1. The molecule has 2 aromatic rings. The van der Waals surface area contributed by atoms with Gasteiger partial charge in [0.1, 0.15) is 6.54 Å². The fourth-order valence-corrected chi connectivity index (χ4v) is 3.68. The Morgan fingerprint density at radius 3 is 2.63 bits per heavy atom. The Kier molecular flexibility index (Phi) is 6.03. The molecule has 0 atom stereocenters. The second-order valence-corrected chi connectivity index (χ2v) is 7.49. The third kappa shape index (κ3) is 4.81. The first kappa shape index (κ1) is 19.3. The van der Waals surface area contributed by atoms with E-state index in [1.807, 2.05) is 24.3 Å². The van der Waals surface area contributed by atoms with Gasteiger partial charge >= 0.3 is 0 Å². The quantitative estimate of drug-likeness (QED) is 0.833. The van der Waals surface area contributed by atoms with Crippen molar-refractivity contribution in [1.82, 2.24) is 4.90 Å². The molecule has 3 amide bonds. The number of para-hydroxylation sites is 1. The van der Waals surface area contributed by atoms with E-state index in [0.29, 0.717) is 16.5 Å². The van der Waals surface area contributed by atoms with Crippen LogP contribution >= 0.6 is 23.4 Å². The average molecular weight is 404 g/mol. The summed E-state index contributed by atoms with van der Waals surface area (Å²) in [5.74, 6) is -0.457. The summed E-state index contributed by atoms with van der Waals surface area (Å²) in [5.41, 5.74) is 1.33. The van der Waals surface area contributed by atoms with Gasteiger partial charge in [-0.1, -0.05) is 23.7 Å². The Bertz CT molecular complexity index is 873. The van der Waals surface area contributed by atoms with E-state index in [2.05, 4.69) is 5.32 Å². The van der Waals surface area contributed by atoms with E-state index in [9.17, 15) is 14.4 Å². The van der Waals surface area contributed by atoms with Gasteiger partial charge in [0, 0.05) is 22.7 Å². The first-order chi connectivity index (χ1) is 12.9. The van der Waals surface area contributed by atoms with Gasteiger partial charge in [0.05, 0.1) is 18.0 Å². The molecular formula is C19H18ClN3O3S. The third-order valence-corrected chi connectivity index (χ3v) is 5.34. The number of nitrogens with zero attached hydrogens (tertiary/aromatic N) is 2. The van der Waals surface area contributed by atoms with E-state index in [1.165, 1.54) is 21.6 Å². The summed E-state index contributed by atoms with van der Waals surface area (Å²) in [6.45, 7) is -0.207. The molecule has 2 aromatic carbocycles. The van der Waals surface area contributed by atoms with Crippen LogP contribution in [0.3, 0.4) is 0 Å². The van der Waals surface area contributed by atoms with Crippen LogP contribution in [0.25, 0.3) is 0 Å². The molecule has 0 saturated carbocycles. The molecule has 0 saturated heterocycles. The molecule has 0 unspecified atom stereocenters. The number of fused-ring (bicyclic) bond motifs is 1. The largest absolute Gasteiger partial charge is 0.335 e. The molecule has 1 heterocycles. The van der Waals surface area contributed by atoms with Crippen LogP contribution in [0.4, 0.5) is 11.4 Å². The Balaban J connectivity index is 1.60. The Hall–Kier alpha value is -2.51. The van der Waals surface area contributed by atoms with Crippen molar-refractivity contribution in [2.75, 3.05) is 36.1 Å². The van der Waals surface area contributed by atoms with Crippen molar-refractivity contribution in [2.45, 2.75) is 4.90 Å². The number of nitrogens with one attached hydrogen (secondary N) is 1. The van der Waals surface area contributed by atoms with Crippen molar-refractivity contribution in [3.05, 3.63) is 53.6 Å². The fourth-order valence-electron chi connectivity index (χ4n) is 2.62. The van der Waals surface area contributed by atoms with Gasteiger partial charge < -0.3 is 15.1 Å². The molecule has 0 aromatic heterocycles. The smallest absolute Gasteiger partial charge is 0.243 e. The molecule has 0 bridgehead atoms. The lowest BCUT2D eigenvalue weighted by Gasteiger charge is -2.29. The number of benzene rings is 2. The highest BCUT2D eigenvalue weighted by Gasteiger charge is 2.27. The van der Waals surface area contributed by atoms with Crippen molar-refractivity contribution in [2.24, 2.45) is 0 Å². The molecule has 1 N–H and O–H groups in total. The van der Waals surface area contributed by atoms with E-state index >= 15 is 0 Å². The van der Waals surface area contributed by atoms with Crippen LogP contribution in [0.2, 0.25) is 5.02 Å². The molecule has 0 radical (unpaired) electrons. The normalized spacial score (nSPS) is 13.1. The Morgan fingerprint density at radius 1 is 1.19 bits per heavy atom. The number of anilines is 2. The van der Waals surface area contributed by atoms with Crippen LogP contribution in [0.15, 0.2) is 53.4 Å². The molecule has 1 aliphatic rings. The van der Waals surface area contributed by atoms with Gasteiger partial charge in [-0.3, -0.25) is 14.4 Å². The minimum absolute atomic E-state index is 0.0961. The van der Waals surface area contributed by atoms with E-state index in [1.54, 1.807) is 31.3 Å². The molecule has 6 nitrogen and oxygen atoms in total. The monoisotopic (exact) mass is 403 g/mol. The summed E-state index contributed by atoms with van der Waals surface area (Å²) >= 11 is 7.27. The van der Waals surface area contributed by atoms with Crippen molar-refractivity contribution in [3.8, 4) is 0 Å². The lowest BCUT2D eigenvalue weighted by molar-refractivity contribution is -0.133. The molecule has 140 valence electrons. The topological polar surface area (TPSA) is 69.7 Å². The van der Waals surface area contributed by atoms with Crippen LogP contribution in [0.1, 0.15) is 0 Å². The van der Waals surface area contributed by atoms with E-state index in [-0.39, 0.29) is 30.8 Å². The van der Waals surface area contributed by atoms with Crippen LogP contribution in [0, 0.1) is 0 Å². The van der Waals surface area contributed by atoms with Gasteiger partial charge in [-0.15, -0.1) is 11.8 Å². The third-order valence-electron chi connectivity index (χ3n) is 4.04. The van der Waals surface area contributed by atoms with E-state index in [0.717, 1.165) is 10.6 Å². The average Bonchev–Trinajstić information content (AvgIpc) is 2.65. The standard InChI is InChI=1S/C19H18ClN3O3S/c1-22(10-17(24)21-14-8-6-13(20)7-9-14)18(25)11-23-15-4-2-3-5-16(15)27-12-19(23)26/h2-9H,10-12H2,1H3,(H,21,24). The molecule has 8 heteroatoms. The summed E-state index contributed by atoms with van der Waals surface area (Å²) in [7, 11) is 1.54. The summed E-state index contributed by atoms with van der Waals surface area (Å²) in [4.78, 5) is 40.7. The van der Waals surface area contributed by atoms with Crippen LogP contribution in [-0.2, 0) is 14.4 Å². The van der Waals surface area contributed by atoms with Crippen molar-refractivity contribution in [3.63, 3.8) is 0 Å². The molecular weight excluding hydrogens is 386 g/mol. The summed E-state index contributed by atoms with van der Waals surface area (Å²) < 4.78 is 0. The number of amides is 3. The van der Waals surface area contributed by atoms with Gasteiger partial charge in [0.2, 0.25) is 17.7 Å². The summed E-state index contributed by atoms with van der Waals surface area (Å²) in [6, 6.07) is 14.2. The summed E-state index contributed by atoms with van der Waals surface area (Å²) in [5, 5.41) is 3.28. The van der Waals surface area contributed by atoms with Crippen LogP contribution in [-0.4, -0.2) is 48.5 Å². The fraction of sp³-hybridized carbons (Fsp3) is 0.211. The number of carbonyl (C=O) groups is 3. The molecule has 1 aliphatic heterocycles. The minimum Gasteiger partial charge on any atom is -0.335 e. The minimum atomic E-state index is -0.325. The van der Waals surface area contributed by atoms with Crippen LogP contribution in [0.5, 0.6) is 0 Å². The molecule has 3 rings (SSSR count). The van der Waals surface area contributed by atoms with E-state index < -0.39 is 0 Å². The predicted molar refractivity (Wildman–Crippen MR) is 107 cm³/mol. The van der Waals surface area contributed by atoms with Gasteiger partial charge in [-0.2, -0.15) is 0 Å². The zero-order chi connectivity index (χ0) is 19.4. The highest BCUT2D eigenvalue weighted by Crippen LogP contribution is 2.34. The predicted octanol–water partition coefficient (Wildman–Crippen LogP) is 2.88. The van der Waals surface area contributed by atoms with E-state index in [4.69, 9.17) is 11.6 Å². The number of carbonyl (C=O) groups excluding carboxylic acids is 3. The Morgan fingerprint density at radius 2 is 1.89 bits per heavy atom. The van der Waals surface area contributed by atoms with Gasteiger partial charge in [0.25, 0.3) is 0 Å². The first-order valence-corrected chi connectivity index (χ1v) is 9.62. The molecule has 0 spiro atoms. The van der Waals surface area contributed by atoms with Gasteiger partial charge in [0.15, 0.2) is 0 Å². The maximum absolute atomic E-state index is 12.5. The van der Waals surface area contributed by atoms with Crippen molar-refractivity contribution < 1.29 is 14.4 Å². The zero-order valence-corrected chi connectivity index (χ0v) is 16.2.